The summed E-state index contributed by atoms with van der Waals surface area (Å²) in [5.41, 5.74) is 3.46. The Morgan fingerprint density at radius 3 is 2.59 bits per heavy atom. The normalized spacial score (nSPS) is 10.9. The summed E-state index contributed by atoms with van der Waals surface area (Å²) in [6.07, 6.45) is 1.63. The highest BCUT2D eigenvalue weighted by Crippen LogP contribution is 2.29. The van der Waals surface area contributed by atoms with Crippen molar-refractivity contribution in [1.29, 1.82) is 0 Å². The van der Waals surface area contributed by atoms with E-state index < -0.39 is 11.7 Å². The van der Waals surface area contributed by atoms with E-state index >= 15 is 0 Å². The zero-order chi connectivity index (χ0) is 23.7. The van der Waals surface area contributed by atoms with Gasteiger partial charge in [0.05, 0.1) is 11.8 Å². The molecule has 0 bridgehead atoms. The number of halogens is 1. The van der Waals surface area contributed by atoms with Crippen LogP contribution in [0.3, 0.4) is 0 Å². The Bertz CT molecular complexity index is 1490. The second kappa shape index (κ2) is 8.70. The Labute approximate surface area is 194 Å². The largest absolute Gasteiger partial charge is 0.436 e. The van der Waals surface area contributed by atoms with Gasteiger partial charge in [-0.3, -0.25) is 4.79 Å². The first-order valence-electron chi connectivity index (χ1n) is 10.5. The number of amides is 1. The molecule has 0 fully saturated rings. The van der Waals surface area contributed by atoms with Gasteiger partial charge in [-0.2, -0.15) is 4.68 Å². The summed E-state index contributed by atoms with van der Waals surface area (Å²) >= 11 is 0. The number of aryl methyl sites for hydroxylation is 2. The van der Waals surface area contributed by atoms with Crippen LogP contribution in [0.4, 0.5) is 10.1 Å². The Balaban J connectivity index is 1.44. The summed E-state index contributed by atoms with van der Waals surface area (Å²) in [7, 11) is 0. The third kappa shape index (κ3) is 4.06. The van der Waals surface area contributed by atoms with Gasteiger partial charge in [-0.1, -0.05) is 42.0 Å². The molecule has 3 aromatic carbocycles. The van der Waals surface area contributed by atoms with Gasteiger partial charge >= 0.3 is 0 Å². The number of benzene rings is 3. The first kappa shape index (κ1) is 21.2. The standard InChI is InChI=1S/C25H19FN6O2/c1-15-7-9-17(10-8-15)23-14-27-25(34-23)20-6-4-3-5-19(20)24(33)28-18-11-12-21(26)22(13-18)32-16(2)29-30-31-32/h3-14H,1-2H3,(H,28,33). The average Bonchev–Trinajstić information content (AvgIpc) is 3.50. The zero-order valence-electron chi connectivity index (χ0n) is 18.4. The summed E-state index contributed by atoms with van der Waals surface area (Å²) in [5, 5.41) is 13.9. The predicted octanol–water partition coefficient (Wildman–Crippen LogP) is 4.99. The molecule has 0 aliphatic rings. The van der Waals surface area contributed by atoms with Crippen LogP contribution in [0.1, 0.15) is 21.7 Å². The van der Waals surface area contributed by atoms with Crippen molar-refractivity contribution in [3.05, 3.63) is 95.7 Å². The van der Waals surface area contributed by atoms with Crippen LogP contribution in [-0.4, -0.2) is 31.1 Å². The smallest absolute Gasteiger partial charge is 0.256 e. The van der Waals surface area contributed by atoms with Gasteiger partial charge in [0.1, 0.15) is 11.5 Å². The average molecular weight is 454 g/mol. The SMILES string of the molecule is Cc1ccc(-c2cnc(-c3ccccc3C(=O)Nc3ccc(F)c(-n4nnnc4C)c3)o2)cc1. The number of hydrogen-bond donors (Lipinski definition) is 1. The molecule has 1 amide bonds. The molecule has 0 unspecified atom stereocenters. The molecule has 0 saturated carbocycles. The van der Waals surface area contributed by atoms with Gasteiger partial charge in [0.25, 0.3) is 5.91 Å². The number of hydrogen-bond acceptors (Lipinski definition) is 6. The molecule has 9 heteroatoms. The highest BCUT2D eigenvalue weighted by molar-refractivity contribution is 6.08. The summed E-state index contributed by atoms with van der Waals surface area (Å²) in [6.45, 7) is 3.67. The first-order valence-corrected chi connectivity index (χ1v) is 10.5. The third-order valence-corrected chi connectivity index (χ3v) is 5.30. The first-order chi connectivity index (χ1) is 16.5. The molecule has 5 rings (SSSR count). The molecule has 34 heavy (non-hydrogen) atoms. The topological polar surface area (TPSA) is 98.7 Å². The van der Waals surface area contributed by atoms with E-state index in [1.807, 2.05) is 31.2 Å². The van der Waals surface area contributed by atoms with E-state index in [1.165, 1.54) is 22.9 Å². The van der Waals surface area contributed by atoms with Crippen LogP contribution in [0, 0.1) is 19.7 Å². The fourth-order valence-corrected chi connectivity index (χ4v) is 3.52. The number of oxazole rings is 1. The Kier molecular flexibility index (Phi) is 5.43. The van der Waals surface area contributed by atoms with Gasteiger partial charge in [0.2, 0.25) is 5.89 Å². The van der Waals surface area contributed by atoms with E-state index in [0.29, 0.717) is 34.3 Å². The molecule has 0 spiro atoms. The van der Waals surface area contributed by atoms with Gasteiger partial charge in [-0.25, -0.2) is 9.37 Å². The molecule has 0 aliphatic carbocycles. The minimum atomic E-state index is -0.516. The van der Waals surface area contributed by atoms with E-state index in [9.17, 15) is 9.18 Å². The molecule has 2 aromatic heterocycles. The maximum Gasteiger partial charge on any atom is 0.256 e. The van der Waals surface area contributed by atoms with Gasteiger partial charge < -0.3 is 9.73 Å². The van der Waals surface area contributed by atoms with Crippen LogP contribution in [0.25, 0.3) is 28.5 Å². The van der Waals surface area contributed by atoms with Gasteiger partial charge in [0.15, 0.2) is 11.6 Å². The quantitative estimate of drug-likeness (QED) is 0.402. The predicted molar refractivity (Wildman–Crippen MR) is 124 cm³/mol. The van der Waals surface area contributed by atoms with Crippen LogP contribution in [-0.2, 0) is 0 Å². The van der Waals surface area contributed by atoms with Crippen molar-refractivity contribution in [3.8, 4) is 28.5 Å². The molecular formula is C25H19FN6O2. The van der Waals surface area contributed by atoms with E-state index in [-0.39, 0.29) is 5.69 Å². The second-order valence-corrected chi connectivity index (χ2v) is 7.70. The van der Waals surface area contributed by atoms with Crippen molar-refractivity contribution in [3.63, 3.8) is 0 Å². The monoisotopic (exact) mass is 454 g/mol. The van der Waals surface area contributed by atoms with Gasteiger partial charge in [-0.15, -0.1) is 5.10 Å². The maximum absolute atomic E-state index is 14.4. The number of aromatic nitrogens is 5. The minimum absolute atomic E-state index is 0.129. The fourth-order valence-electron chi connectivity index (χ4n) is 3.52. The molecule has 0 saturated heterocycles. The van der Waals surface area contributed by atoms with Crippen molar-refractivity contribution in [1.82, 2.24) is 25.2 Å². The summed E-state index contributed by atoms with van der Waals surface area (Å²) in [4.78, 5) is 17.5. The van der Waals surface area contributed by atoms with Crippen LogP contribution in [0.15, 0.2) is 77.3 Å². The molecule has 5 aromatic rings. The van der Waals surface area contributed by atoms with Crippen LogP contribution in [0.5, 0.6) is 0 Å². The molecular weight excluding hydrogens is 435 g/mol. The Morgan fingerprint density at radius 2 is 1.82 bits per heavy atom. The highest BCUT2D eigenvalue weighted by atomic mass is 19.1. The molecule has 2 heterocycles. The van der Waals surface area contributed by atoms with Gasteiger partial charge in [0, 0.05) is 16.8 Å². The van der Waals surface area contributed by atoms with E-state index in [1.54, 1.807) is 37.4 Å². The maximum atomic E-state index is 14.4. The van der Waals surface area contributed by atoms with Crippen molar-refractivity contribution < 1.29 is 13.6 Å². The number of anilines is 1. The lowest BCUT2D eigenvalue weighted by Gasteiger charge is -2.10. The summed E-state index contributed by atoms with van der Waals surface area (Å²) in [6, 6.07) is 19.1. The molecule has 0 aliphatic heterocycles. The summed E-state index contributed by atoms with van der Waals surface area (Å²) in [5.74, 6) is 0.436. The molecule has 8 nitrogen and oxygen atoms in total. The lowest BCUT2D eigenvalue weighted by atomic mass is 10.1. The molecule has 0 radical (unpaired) electrons. The molecule has 0 atom stereocenters. The molecule has 1 N–H and O–H groups in total. The summed E-state index contributed by atoms with van der Waals surface area (Å²) < 4.78 is 21.6. The van der Waals surface area contributed by atoms with Crippen molar-refractivity contribution >= 4 is 11.6 Å². The van der Waals surface area contributed by atoms with Crippen LogP contribution in [0.2, 0.25) is 0 Å². The Morgan fingerprint density at radius 1 is 1.03 bits per heavy atom. The molecule has 168 valence electrons. The zero-order valence-corrected chi connectivity index (χ0v) is 18.4. The van der Waals surface area contributed by atoms with Crippen molar-refractivity contribution in [2.24, 2.45) is 0 Å². The van der Waals surface area contributed by atoms with Crippen LogP contribution >= 0.6 is 0 Å². The number of rotatable bonds is 5. The number of nitrogens with one attached hydrogen (secondary N) is 1. The lowest BCUT2D eigenvalue weighted by Crippen LogP contribution is -2.14. The Hall–Kier alpha value is -4.66. The van der Waals surface area contributed by atoms with Crippen molar-refractivity contribution in [2.75, 3.05) is 5.32 Å². The number of carbonyl (C=O) groups excluding carboxylic acids is 1. The second-order valence-electron chi connectivity index (χ2n) is 7.70. The van der Waals surface area contributed by atoms with E-state index in [2.05, 4.69) is 25.8 Å². The minimum Gasteiger partial charge on any atom is -0.436 e. The van der Waals surface area contributed by atoms with Gasteiger partial charge in [-0.05, 0) is 54.6 Å². The number of nitrogens with zero attached hydrogens (tertiary/aromatic N) is 5. The third-order valence-electron chi connectivity index (χ3n) is 5.30. The van der Waals surface area contributed by atoms with Crippen molar-refractivity contribution in [2.45, 2.75) is 13.8 Å². The fraction of sp³-hybridized carbons (Fsp3) is 0.0800. The van der Waals surface area contributed by atoms with Crippen LogP contribution < -0.4 is 5.32 Å². The van der Waals surface area contributed by atoms with E-state index in [4.69, 9.17) is 4.42 Å². The number of carbonyl (C=O) groups is 1. The van der Waals surface area contributed by atoms with E-state index in [0.717, 1.165) is 11.1 Å². The highest BCUT2D eigenvalue weighted by Gasteiger charge is 2.18. The lowest BCUT2D eigenvalue weighted by molar-refractivity contribution is 0.102. The number of tetrazole rings is 1.